The van der Waals surface area contributed by atoms with Gasteiger partial charge in [-0.05, 0) is 24.8 Å². The van der Waals surface area contributed by atoms with Crippen molar-refractivity contribution in [1.29, 1.82) is 0 Å². The molecule has 0 saturated carbocycles. The van der Waals surface area contributed by atoms with Crippen molar-refractivity contribution < 1.29 is 5.11 Å². The number of rotatable bonds is 4. The minimum atomic E-state index is 0.311. The van der Waals surface area contributed by atoms with Crippen LogP contribution in [0.4, 0.5) is 0 Å². The molecule has 16 heavy (non-hydrogen) atoms. The molecule has 0 aromatic rings. The van der Waals surface area contributed by atoms with Crippen LogP contribution in [-0.2, 0) is 0 Å². The van der Waals surface area contributed by atoms with Gasteiger partial charge >= 0.3 is 0 Å². The van der Waals surface area contributed by atoms with Gasteiger partial charge in [0.1, 0.15) is 0 Å². The third-order valence-corrected chi connectivity index (χ3v) is 4.00. The van der Waals surface area contributed by atoms with Gasteiger partial charge in [-0.1, -0.05) is 20.8 Å². The summed E-state index contributed by atoms with van der Waals surface area (Å²) < 4.78 is 0. The molecule has 3 heteroatoms. The number of piperazine rings is 1. The Labute approximate surface area is 99.4 Å². The lowest BCUT2D eigenvalue weighted by Gasteiger charge is -2.35. The summed E-state index contributed by atoms with van der Waals surface area (Å²) in [6.07, 6.45) is 2.61. The Morgan fingerprint density at radius 1 is 1.06 bits per heavy atom. The summed E-state index contributed by atoms with van der Waals surface area (Å²) in [4.78, 5) is 5.11. The number of nitrogens with zero attached hydrogens (tertiary/aromatic N) is 2. The van der Waals surface area contributed by atoms with Gasteiger partial charge in [0.15, 0.2) is 0 Å². The maximum atomic E-state index is 8.98. The average Bonchev–Trinajstić information content (AvgIpc) is 2.73. The van der Waals surface area contributed by atoms with Crippen LogP contribution in [0.1, 0.15) is 33.6 Å². The van der Waals surface area contributed by atoms with Gasteiger partial charge in [0.25, 0.3) is 0 Å². The van der Waals surface area contributed by atoms with Crippen molar-refractivity contribution in [1.82, 2.24) is 9.80 Å². The molecule has 0 spiro atoms. The lowest BCUT2D eigenvalue weighted by atomic mass is 9.92. The van der Waals surface area contributed by atoms with Gasteiger partial charge < -0.3 is 5.11 Å². The summed E-state index contributed by atoms with van der Waals surface area (Å²) in [6, 6.07) is 1.48. The summed E-state index contributed by atoms with van der Waals surface area (Å²) >= 11 is 0. The minimum Gasteiger partial charge on any atom is -0.395 e. The summed E-state index contributed by atoms with van der Waals surface area (Å²) in [5.74, 6) is 0. The molecule has 2 fully saturated rings. The second kappa shape index (κ2) is 4.63. The summed E-state index contributed by atoms with van der Waals surface area (Å²) in [5.41, 5.74) is 0.451. The zero-order chi connectivity index (χ0) is 11.8. The van der Waals surface area contributed by atoms with Crippen LogP contribution >= 0.6 is 0 Å². The van der Waals surface area contributed by atoms with E-state index in [1.165, 1.54) is 32.5 Å². The molecule has 0 aromatic carbocycles. The smallest absolute Gasteiger partial charge is 0.0558 e. The molecule has 1 N–H and O–H groups in total. The fourth-order valence-electron chi connectivity index (χ4n) is 2.99. The van der Waals surface area contributed by atoms with Crippen LogP contribution in [0.25, 0.3) is 0 Å². The van der Waals surface area contributed by atoms with Crippen molar-refractivity contribution in [3.05, 3.63) is 0 Å². The molecule has 2 unspecified atom stereocenters. The lowest BCUT2D eigenvalue weighted by molar-refractivity contribution is 0.101. The molecule has 94 valence electrons. The molecule has 0 radical (unpaired) electrons. The standard InChI is InChI=1S/C13H26N2O/c1-13(2,3)4-5-14-9-12-8-11(14)10-15(12)6-7-16/h11-12,16H,4-10H2,1-3H3. The Hall–Kier alpha value is -0.120. The molecule has 0 aromatic heterocycles. The molecule has 2 bridgehead atoms. The van der Waals surface area contributed by atoms with E-state index in [0.29, 0.717) is 12.0 Å². The lowest BCUT2D eigenvalue weighted by Crippen LogP contribution is -2.47. The molecule has 0 amide bonds. The molecule has 2 rings (SSSR count). The highest BCUT2D eigenvalue weighted by atomic mass is 16.3. The minimum absolute atomic E-state index is 0.311. The molecule has 0 aliphatic carbocycles. The number of hydrogen-bond acceptors (Lipinski definition) is 3. The van der Waals surface area contributed by atoms with Crippen LogP contribution in [-0.4, -0.2) is 59.8 Å². The Balaban J connectivity index is 1.77. The van der Waals surface area contributed by atoms with Crippen molar-refractivity contribution in [2.75, 3.05) is 32.8 Å². The fourth-order valence-corrected chi connectivity index (χ4v) is 2.99. The van der Waals surface area contributed by atoms with Gasteiger partial charge in [-0.3, -0.25) is 9.80 Å². The molecule has 2 atom stereocenters. The van der Waals surface area contributed by atoms with Crippen molar-refractivity contribution in [2.45, 2.75) is 45.7 Å². The largest absolute Gasteiger partial charge is 0.395 e. The average molecular weight is 226 g/mol. The van der Waals surface area contributed by atoms with E-state index in [4.69, 9.17) is 5.11 Å². The first-order valence-electron chi connectivity index (χ1n) is 6.58. The number of aliphatic hydroxyl groups excluding tert-OH is 1. The normalized spacial score (nSPS) is 31.5. The van der Waals surface area contributed by atoms with Crippen LogP contribution in [0, 0.1) is 5.41 Å². The molecule has 2 heterocycles. The van der Waals surface area contributed by atoms with Gasteiger partial charge in [-0.15, -0.1) is 0 Å². The number of hydrogen-bond donors (Lipinski definition) is 1. The molecule has 2 saturated heterocycles. The van der Waals surface area contributed by atoms with Crippen molar-refractivity contribution in [2.24, 2.45) is 5.41 Å². The Morgan fingerprint density at radius 2 is 1.62 bits per heavy atom. The van der Waals surface area contributed by atoms with E-state index in [2.05, 4.69) is 30.6 Å². The monoisotopic (exact) mass is 226 g/mol. The predicted octanol–water partition coefficient (Wildman–Crippen LogP) is 1.17. The Morgan fingerprint density at radius 3 is 2.06 bits per heavy atom. The zero-order valence-corrected chi connectivity index (χ0v) is 10.9. The van der Waals surface area contributed by atoms with E-state index < -0.39 is 0 Å². The third kappa shape index (κ3) is 2.76. The molecule has 3 nitrogen and oxygen atoms in total. The van der Waals surface area contributed by atoms with Gasteiger partial charge in [0.05, 0.1) is 6.61 Å². The maximum absolute atomic E-state index is 8.98. The van der Waals surface area contributed by atoms with Crippen LogP contribution in [0.2, 0.25) is 0 Å². The first kappa shape index (κ1) is 12.3. The second-order valence-corrected chi connectivity index (χ2v) is 6.57. The SMILES string of the molecule is CC(C)(C)CCN1CC2CC1CN2CCO. The predicted molar refractivity (Wildman–Crippen MR) is 66.5 cm³/mol. The first-order valence-corrected chi connectivity index (χ1v) is 6.58. The summed E-state index contributed by atoms with van der Waals surface area (Å²) in [5, 5.41) is 8.98. The quantitative estimate of drug-likeness (QED) is 0.779. The first-order chi connectivity index (χ1) is 7.49. The Kier molecular flexibility index (Phi) is 3.57. The maximum Gasteiger partial charge on any atom is 0.0558 e. The summed E-state index contributed by atoms with van der Waals surface area (Å²) in [6.45, 7) is 11.8. The highest BCUT2D eigenvalue weighted by Gasteiger charge is 2.42. The number of aliphatic hydroxyl groups is 1. The van der Waals surface area contributed by atoms with E-state index in [-0.39, 0.29) is 0 Å². The Bertz CT molecular complexity index is 237. The van der Waals surface area contributed by atoms with Crippen molar-refractivity contribution in [3.63, 3.8) is 0 Å². The second-order valence-electron chi connectivity index (χ2n) is 6.57. The van der Waals surface area contributed by atoms with E-state index in [9.17, 15) is 0 Å². The van der Waals surface area contributed by atoms with Crippen LogP contribution in [0.15, 0.2) is 0 Å². The topological polar surface area (TPSA) is 26.7 Å². The van der Waals surface area contributed by atoms with Crippen molar-refractivity contribution in [3.8, 4) is 0 Å². The van der Waals surface area contributed by atoms with Crippen LogP contribution in [0.5, 0.6) is 0 Å². The highest BCUT2D eigenvalue weighted by Crippen LogP contribution is 2.31. The van der Waals surface area contributed by atoms with E-state index in [1.807, 2.05) is 0 Å². The highest BCUT2D eigenvalue weighted by molar-refractivity contribution is 4.99. The molecular weight excluding hydrogens is 200 g/mol. The van der Waals surface area contributed by atoms with E-state index in [0.717, 1.165) is 18.6 Å². The zero-order valence-electron chi connectivity index (χ0n) is 10.9. The van der Waals surface area contributed by atoms with Gasteiger partial charge in [-0.2, -0.15) is 0 Å². The van der Waals surface area contributed by atoms with Crippen LogP contribution < -0.4 is 0 Å². The van der Waals surface area contributed by atoms with Gasteiger partial charge in [0.2, 0.25) is 0 Å². The van der Waals surface area contributed by atoms with E-state index in [1.54, 1.807) is 0 Å². The van der Waals surface area contributed by atoms with E-state index >= 15 is 0 Å². The number of fused-ring (bicyclic) bond motifs is 2. The molecule has 2 aliphatic heterocycles. The molecule has 2 aliphatic rings. The van der Waals surface area contributed by atoms with Gasteiger partial charge in [-0.25, -0.2) is 0 Å². The molecular formula is C13H26N2O. The third-order valence-electron chi connectivity index (χ3n) is 4.00. The fraction of sp³-hybridized carbons (Fsp3) is 1.00. The van der Waals surface area contributed by atoms with Crippen LogP contribution in [0.3, 0.4) is 0 Å². The van der Waals surface area contributed by atoms with Gasteiger partial charge in [0, 0.05) is 31.7 Å². The van der Waals surface area contributed by atoms with Crippen molar-refractivity contribution >= 4 is 0 Å². The number of β-amino-alcohol motifs (C(OH)–C–C–N with tert-alkyl or cyclic N) is 1. The summed E-state index contributed by atoms with van der Waals surface area (Å²) in [7, 11) is 0. The number of likely N-dealkylation sites (tertiary alicyclic amines) is 2.